The van der Waals surface area contributed by atoms with Crippen molar-refractivity contribution in [3.05, 3.63) is 53.1 Å². The smallest absolute Gasteiger partial charge is 0.251 e. The van der Waals surface area contributed by atoms with Gasteiger partial charge in [0.1, 0.15) is 11.0 Å². The molecular formula is C15H12F2N4O2. The van der Waals surface area contributed by atoms with Gasteiger partial charge in [-0.15, -0.1) is 0 Å². The minimum Gasteiger partial charge on any atom is -0.491 e. The number of amides is 1. The van der Waals surface area contributed by atoms with Crippen LogP contribution >= 0.6 is 0 Å². The quantitative estimate of drug-likeness (QED) is 0.772. The molecule has 0 saturated heterocycles. The summed E-state index contributed by atoms with van der Waals surface area (Å²) < 4.78 is 31.8. The van der Waals surface area contributed by atoms with Crippen molar-refractivity contribution in [1.82, 2.24) is 20.7 Å². The molecule has 0 unspecified atom stereocenters. The summed E-state index contributed by atoms with van der Waals surface area (Å²) in [6.07, 6.45) is 0. The third-order valence-electron chi connectivity index (χ3n) is 3.33. The molecule has 0 aliphatic heterocycles. The number of aromatic amines is 1. The van der Waals surface area contributed by atoms with Crippen molar-refractivity contribution in [3.63, 3.8) is 0 Å². The van der Waals surface area contributed by atoms with E-state index in [-0.39, 0.29) is 12.1 Å². The highest BCUT2D eigenvalue weighted by Crippen LogP contribution is 2.23. The Morgan fingerprint density at radius 3 is 2.70 bits per heavy atom. The third kappa shape index (κ3) is 2.83. The number of methoxy groups -OCH3 is 1. The summed E-state index contributed by atoms with van der Waals surface area (Å²) in [5.41, 5.74) is 1.89. The highest BCUT2D eigenvalue weighted by Gasteiger charge is 2.16. The lowest BCUT2D eigenvalue weighted by Crippen LogP contribution is -2.23. The molecule has 0 aliphatic carbocycles. The molecule has 0 bridgehead atoms. The Hall–Kier alpha value is -3.03. The minimum atomic E-state index is -0.934. The lowest BCUT2D eigenvalue weighted by Gasteiger charge is -2.08. The molecule has 2 aromatic carbocycles. The lowest BCUT2D eigenvalue weighted by molar-refractivity contribution is 0.0950. The van der Waals surface area contributed by atoms with Gasteiger partial charge >= 0.3 is 0 Å². The number of carbonyl (C=O) groups is 1. The van der Waals surface area contributed by atoms with Crippen LogP contribution in [0.1, 0.15) is 15.9 Å². The largest absolute Gasteiger partial charge is 0.491 e. The van der Waals surface area contributed by atoms with E-state index in [1.807, 2.05) is 0 Å². The first kappa shape index (κ1) is 14.9. The standard InChI is InChI=1S/C15H12F2N4O2/c1-23-14-10(16)5-9(6-11(14)17)15(22)18-7-8-3-2-4-12-13(8)20-21-19-12/h2-6H,7H2,1H3,(H,18,22)(H,19,20,21). The molecule has 118 valence electrons. The second kappa shape index (κ2) is 5.99. The van der Waals surface area contributed by atoms with E-state index in [9.17, 15) is 13.6 Å². The molecule has 2 N–H and O–H groups in total. The number of fused-ring (bicyclic) bond motifs is 1. The SMILES string of the molecule is COc1c(F)cc(C(=O)NCc2cccc3n[nH]nc23)cc1F. The van der Waals surface area contributed by atoms with Crippen LogP contribution in [-0.4, -0.2) is 28.4 Å². The van der Waals surface area contributed by atoms with E-state index in [4.69, 9.17) is 0 Å². The van der Waals surface area contributed by atoms with Gasteiger partial charge in [0.2, 0.25) is 0 Å². The molecule has 8 heteroatoms. The maximum Gasteiger partial charge on any atom is 0.251 e. The molecule has 3 aromatic rings. The number of para-hydroxylation sites is 1. The number of benzene rings is 2. The van der Waals surface area contributed by atoms with Crippen LogP contribution in [0, 0.1) is 11.6 Å². The van der Waals surface area contributed by atoms with Gasteiger partial charge in [0.15, 0.2) is 17.4 Å². The normalized spacial score (nSPS) is 10.7. The number of hydrogen-bond donors (Lipinski definition) is 2. The van der Waals surface area contributed by atoms with Gasteiger partial charge in [-0.1, -0.05) is 12.1 Å². The summed E-state index contributed by atoms with van der Waals surface area (Å²) in [5.74, 6) is -2.99. The number of halogens is 2. The Morgan fingerprint density at radius 2 is 2.00 bits per heavy atom. The average Bonchev–Trinajstić information content (AvgIpc) is 3.01. The van der Waals surface area contributed by atoms with Crippen molar-refractivity contribution in [2.75, 3.05) is 7.11 Å². The molecule has 1 aromatic heterocycles. The molecular weight excluding hydrogens is 306 g/mol. The number of nitrogens with zero attached hydrogens (tertiary/aromatic N) is 2. The van der Waals surface area contributed by atoms with Crippen molar-refractivity contribution in [2.24, 2.45) is 0 Å². The van der Waals surface area contributed by atoms with Gasteiger partial charge in [-0.3, -0.25) is 4.79 Å². The Morgan fingerprint density at radius 1 is 1.26 bits per heavy atom. The fourth-order valence-electron chi connectivity index (χ4n) is 2.23. The Kier molecular flexibility index (Phi) is 3.88. The highest BCUT2D eigenvalue weighted by atomic mass is 19.1. The number of nitrogens with one attached hydrogen (secondary N) is 2. The number of carbonyl (C=O) groups excluding carboxylic acids is 1. The first-order valence-electron chi connectivity index (χ1n) is 6.69. The van der Waals surface area contributed by atoms with E-state index >= 15 is 0 Å². The van der Waals surface area contributed by atoms with Gasteiger partial charge in [-0.25, -0.2) is 8.78 Å². The van der Waals surface area contributed by atoms with E-state index in [0.29, 0.717) is 11.0 Å². The molecule has 1 amide bonds. The van der Waals surface area contributed by atoms with Gasteiger partial charge in [0.05, 0.1) is 7.11 Å². The number of ether oxygens (including phenoxy) is 1. The minimum absolute atomic E-state index is 0.131. The van der Waals surface area contributed by atoms with Crippen LogP contribution < -0.4 is 10.1 Å². The van der Waals surface area contributed by atoms with Gasteiger partial charge in [0, 0.05) is 17.7 Å². The zero-order valence-electron chi connectivity index (χ0n) is 12.1. The van der Waals surface area contributed by atoms with Crippen LogP contribution in [0.25, 0.3) is 11.0 Å². The molecule has 0 aliphatic rings. The van der Waals surface area contributed by atoms with Gasteiger partial charge in [-0.2, -0.15) is 15.4 Å². The lowest BCUT2D eigenvalue weighted by atomic mass is 10.1. The summed E-state index contributed by atoms with van der Waals surface area (Å²) in [6, 6.07) is 7.18. The summed E-state index contributed by atoms with van der Waals surface area (Å²) in [6.45, 7) is 0.151. The van der Waals surface area contributed by atoms with Crippen molar-refractivity contribution in [3.8, 4) is 5.75 Å². The zero-order chi connectivity index (χ0) is 16.4. The fourth-order valence-corrected chi connectivity index (χ4v) is 2.23. The molecule has 0 atom stereocenters. The Labute approximate surface area is 129 Å². The van der Waals surface area contributed by atoms with Crippen LogP contribution in [0.3, 0.4) is 0 Å². The molecule has 0 radical (unpaired) electrons. The molecule has 23 heavy (non-hydrogen) atoms. The fraction of sp³-hybridized carbons (Fsp3) is 0.133. The van der Waals surface area contributed by atoms with Crippen LogP contribution in [0.2, 0.25) is 0 Å². The third-order valence-corrected chi connectivity index (χ3v) is 3.33. The van der Waals surface area contributed by atoms with E-state index in [0.717, 1.165) is 24.8 Å². The summed E-state index contributed by atoms with van der Waals surface area (Å²) >= 11 is 0. The Balaban J connectivity index is 1.79. The molecule has 0 saturated carbocycles. The van der Waals surface area contributed by atoms with Crippen molar-refractivity contribution < 1.29 is 18.3 Å². The van der Waals surface area contributed by atoms with Gasteiger partial charge < -0.3 is 10.1 Å². The second-order valence-corrected chi connectivity index (χ2v) is 4.76. The van der Waals surface area contributed by atoms with E-state index in [1.165, 1.54) is 0 Å². The molecule has 0 spiro atoms. The second-order valence-electron chi connectivity index (χ2n) is 4.76. The van der Waals surface area contributed by atoms with Gasteiger partial charge in [-0.05, 0) is 18.2 Å². The predicted octanol–water partition coefficient (Wildman–Crippen LogP) is 2.17. The van der Waals surface area contributed by atoms with Crippen LogP contribution in [0.4, 0.5) is 8.78 Å². The van der Waals surface area contributed by atoms with E-state index < -0.39 is 23.3 Å². The zero-order valence-corrected chi connectivity index (χ0v) is 12.1. The van der Waals surface area contributed by atoms with Crippen LogP contribution in [0.15, 0.2) is 30.3 Å². The number of hydrogen-bond acceptors (Lipinski definition) is 4. The maximum atomic E-state index is 13.6. The topological polar surface area (TPSA) is 79.9 Å². The Bertz CT molecular complexity index is 856. The highest BCUT2D eigenvalue weighted by molar-refractivity contribution is 5.94. The number of H-pyrrole nitrogens is 1. The van der Waals surface area contributed by atoms with Crippen LogP contribution in [-0.2, 0) is 6.54 Å². The van der Waals surface area contributed by atoms with Crippen molar-refractivity contribution in [1.29, 1.82) is 0 Å². The first-order chi connectivity index (χ1) is 11.1. The first-order valence-corrected chi connectivity index (χ1v) is 6.69. The van der Waals surface area contributed by atoms with E-state index in [2.05, 4.69) is 25.5 Å². The summed E-state index contributed by atoms with van der Waals surface area (Å²) in [7, 11) is 1.15. The molecule has 0 fully saturated rings. The maximum absolute atomic E-state index is 13.6. The number of rotatable bonds is 4. The molecule has 6 nitrogen and oxygen atoms in total. The molecule has 3 rings (SSSR count). The predicted molar refractivity (Wildman–Crippen MR) is 78.0 cm³/mol. The van der Waals surface area contributed by atoms with Crippen molar-refractivity contribution >= 4 is 16.9 Å². The van der Waals surface area contributed by atoms with Crippen molar-refractivity contribution in [2.45, 2.75) is 6.54 Å². The number of aromatic nitrogens is 3. The monoisotopic (exact) mass is 318 g/mol. The summed E-state index contributed by atoms with van der Waals surface area (Å²) in [5, 5.41) is 13.0. The molecule has 1 heterocycles. The van der Waals surface area contributed by atoms with E-state index in [1.54, 1.807) is 18.2 Å². The van der Waals surface area contributed by atoms with Crippen LogP contribution in [0.5, 0.6) is 5.75 Å². The average molecular weight is 318 g/mol. The van der Waals surface area contributed by atoms with Gasteiger partial charge in [0.25, 0.3) is 5.91 Å². The summed E-state index contributed by atoms with van der Waals surface area (Å²) in [4.78, 5) is 12.1.